The van der Waals surface area contributed by atoms with E-state index in [1.807, 2.05) is 0 Å². The standard InChI is InChI=1S/C2H6N2O4S2/c1-9-4-2(3)8-10(5,6)7/h1H3,(H2,3,4)(H,5,6,7). The van der Waals surface area contributed by atoms with Gasteiger partial charge in [0.1, 0.15) is 0 Å². The van der Waals surface area contributed by atoms with E-state index in [0.717, 1.165) is 11.9 Å². The van der Waals surface area contributed by atoms with Crippen molar-refractivity contribution in [2.45, 2.75) is 0 Å². The molecule has 0 atom stereocenters. The molecular weight excluding hydrogens is 180 g/mol. The van der Waals surface area contributed by atoms with E-state index < -0.39 is 16.4 Å². The topological polar surface area (TPSA) is 102 Å². The Morgan fingerprint density at radius 2 is 2.30 bits per heavy atom. The van der Waals surface area contributed by atoms with E-state index in [2.05, 4.69) is 8.58 Å². The van der Waals surface area contributed by atoms with E-state index in [-0.39, 0.29) is 0 Å². The van der Waals surface area contributed by atoms with Crippen molar-refractivity contribution in [3.8, 4) is 0 Å². The first kappa shape index (κ1) is 9.53. The fourth-order valence-corrected chi connectivity index (χ4v) is 0.731. The lowest BCUT2D eigenvalue weighted by molar-refractivity contribution is 0.381. The van der Waals surface area contributed by atoms with Gasteiger partial charge in [-0.1, -0.05) is 0 Å². The molecule has 0 aliphatic heterocycles. The van der Waals surface area contributed by atoms with Gasteiger partial charge in [0, 0.05) is 6.26 Å². The Morgan fingerprint density at radius 1 is 1.80 bits per heavy atom. The first-order valence-corrected chi connectivity index (χ1v) is 4.54. The van der Waals surface area contributed by atoms with E-state index in [1.54, 1.807) is 6.26 Å². The van der Waals surface area contributed by atoms with Crippen LogP contribution in [0.5, 0.6) is 0 Å². The molecular formula is C2H6N2O4S2. The SMILES string of the molecule is CSN=C(N)OS(=O)(=O)O. The summed E-state index contributed by atoms with van der Waals surface area (Å²) in [6, 6.07) is -0.602. The van der Waals surface area contributed by atoms with Crippen LogP contribution in [0, 0.1) is 0 Å². The molecule has 0 radical (unpaired) electrons. The number of rotatable bonds is 2. The summed E-state index contributed by atoms with van der Waals surface area (Å²) in [5.74, 6) is 0. The maximum absolute atomic E-state index is 9.88. The smallest absolute Gasteiger partial charge is 0.352 e. The van der Waals surface area contributed by atoms with Crippen molar-refractivity contribution < 1.29 is 17.2 Å². The van der Waals surface area contributed by atoms with Gasteiger partial charge in [0.25, 0.3) is 0 Å². The molecule has 0 aliphatic rings. The maximum atomic E-state index is 9.88. The van der Waals surface area contributed by atoms with Crippen LogP contribution in [0.25, 0.3) is 0 Å². The zero-order chi connectivity index (χ0) is 8.20. The normalized spacial score (nSPS) is 13.2. The first-order valence-electron chi connectivity index (χ1n) is 1.99. The minimum absolute atomic E-state index is 0.602. The number of nitrogens with two attached hydrogens (primary N) is 1. The van der Waals surface area contributed by atoms with Crippen molar-refractivity contribution >= 4 is 28.4 Å². The Morgan fingerprint density at radius 3 is 2.60 bits per heavy atom. The van der Waals surface area contributed by atoms with Gasteiger partial charge in [-0.25, -0.2) is 0 Å². The Labute approximate surface area is 62.5 Å². The predicted octanol–water partition coefficient (Wildman–Crippen LogP) is -0.601. The molecule has 0 spiro atoms. The molecule has 6 nitrogen and oxygen atoms in total. The summed E-state index contributed by atoms with van der Waals surface area (Å²) in [6.45, 7) is 0. The molecule has 10 heavy (non-hydrogen) atoms. The van der Waals surface area contributed by atoms with Crippen molar-refractivity contribution in [1.29, 1.82) is 0 Å². The van der Waals surface area contributed by atoms with Crippen LogP contribution in [0.2, 0.25) is 0 Å². The van der Waals surface area contributed by atoms with E-state index in [1.165, 1.54) is 0 Å². The van der Waals surface area contributed by atoms with Gasteiger partial charge in [0.05, 0.1) is 0 Å². The van der Waals surface area contributed by atoms with Crippen molar-refractivity contribution in [2.24, 2.45) is 10.1 Å². The third-order valence-electron chi connectivity index (χ3n) is 0.372. The maximum Gasteiger partial charge on any atom is 0.449 e. The van der Waals surface area contributed by atoms with Crippen LogP contribution in [0.3, 0.4) is 0 Å². The van der Waals surface area contributed by atoms with E-state index in [0.29, 0.717) is 0 Å². The van der Waals surface area contributed by atoms with Gasteiger partial charge in [-0.05, 0) is 11.9 Å². The lowest BCUT2D eigenvalue weighted by atomic mass is 11.3. The number of amidine groups is 1. The highest BCUT2D eigenvalue weighted by Gasteiger charge is 2.06. The lowest BCUT2D eigenvalue weighted by Gasteiger charge is -1.96. The second-order valence-corrected chi connectivity index (χ2v) is 2.69. The second kappa shape index (κ2) is 3.64. The van der Waals surface area contributed by atoms with Gasteiger partial charge in [-0.3, -0.25) is 4.55 Å². The predicted molar refractivity (Wildman–Crippen MR) is 37.8 cm³/mol. The molecule has 0 amide bonds. The van der Waals surface area contributed by atoms with Crippen LogP contribution >= 0.6 is 11.9 Å². The molecule has 0 rings (SSSR count). The quantitative estimate of drug-likeness (QED) is 0.258. The molecule has 0 aliphatic carbocycles. The first-order chi connectivity index (χ1) is 4.45. The van der Waals surface area contributed by atoms with Crippen LogP contribution in [0.15, 0.2) is 4.40 Å². The van der Waals surface area contributed by atoms with Gasteiger partial charge in [0.15, 0.2) is 0 Å². The van der Waals surface area contributed by atoms with E-state index in [9.17, 15) is 8.42 Å². The van der Waals surface area contributed by atoms with Crippen molar-refractivity contribution in [3.63, 3.8) is 0 Å². The summed E-state index contributed by atoms with van der Waals surface area (Å²) in [5, 5.41) is 0. The largest absolute Gasteiger partial charge is 0.449 e. The second-order valence-electron chi connectivity index (χ2n) is 1.12. The Balaban J connectivity index is 4.05. The fourth-order valence-electron chi connectivity index (χ4n) is 0.213. The molecule has 0 unspecified atom stereocenters. The lowest BCUT2D eigenvalue weighted by Crippen LogP contribution is -2.19. The van der Waals surface area contributed by atoms with Crippen LogP contribution in [0.4, 0.5) is 0 Å². The molecule has 0 heterocycles. The van der Waals surface area contributed by atoms with Gasteiger partial charge < -0.3 is 9.92 Å². The molecule has 0 bridgehead atoms. The molecule has 8 heteroatoms. The van der Waals surface area contributed by atoms with Crippen LogP contribution in [-0.4, -0.2) is 25.2 Å². The minimum Gasteiger partial charge on any atom is -0.352 e. The van der Waals surface area contributed by atoms with Crippen molar-refractivity contribution in [2.75, 3.05) is 6.26 Å². The average Bonchev–Trinajstić information content (AvgIpc) is 1.59. The zero-order valence-corrected chi connectivity index (χ0v) is 6.65. The Bertz CT molecular complexity index is 219. The molecule has 60 valence electrons. The van der Waals surface area contributed by atoms with Crippen LogP contribution < -0.4 is 5.73 Å². The van der Waals surface area contributed by atoms with Gasteiger partial charge >= 0.3 is 16.4 Å². The summed E-state index contributed by atoms with van der Waals surface area (Å²) >= 11 is 0.913. The van der Waals surface area contributed by atoms with Crippen molar-refractivity contribution in [3.05, 3.63) is 0 Å². The van der Waals surface area contributed by atoms with Crippen molar-refractivity contribution in [1.82, 2.24) is 0 Å². The Hall–Kier alpha value is -0.470. The fraction of sp³-hybridized carbons (Fsp3) is 0.500. The third-order valence-corrected chi connectivity index (χ3v) is 1.12. The average molecular weight is 186 g/mol. The highest BCUT2D eigenvalue weighted by atomic mass is 32.3. The molecule has 0 aromatic heterocycles. The summed E-state index contributed by atoms with van der Waals surface area (Å²) in [7, 11) is -4.51. The minimum atomic E-state index is -4.51. The monoisotopic (exact) mass is 186 g/mol. The number of nitrogens with zero attached hydrogens (tertiary/aromatic N) is 1. The van der Waals surface area contributed by atoms with Gasteiger partial charge in [-0.15, -0.1) is 0 Å². The number of hydrogen-bond acceptors (Lipinski definition) is 5. The molecule has 0 saturated heterocycles. The molecule has 0 aromatic carbocycles. The highest BCUT2D eigenvalue weighted by molar-refractivity contribution is 7.97. The highest BCUT2D eigenvalue weighted by Crippen LogP contribution is 1.94. The van der Waals surface area contributed by atoms with Gasteiger partial charge in [-0.2, -0.15) is 12.8 Å². The molecule has 0 saturated carbocycles. The number of hydrogen-bond donors (Lipinski definition) is 2. The molecule has 0 aromatic rings. The van der Waals surface area contributed by atoms with E-state index in [4.69, 9.17) is 10.3 Å². The summed E-state index contributed by atoms with van der Waals surface area (Å²) in [6.07, 6.45) is 1.56. The molecule has 0 fully saturated rings. The van der Waals surface area contributed by atoms with Crippen LogP contribution in [-0.2, 0) is 14.6 Å². The van der Waals surface area contributed by atoms with E-state index >= 15 is 0 Å². The summed E-state index contributed by atoms with van der Waals surface area (Å²) < 4.78 is 34.7. The molecule has 3 N–H and O–H groups in total. The zero-order valence-electron chi connectivity index (χ0n) is 5.01. The summed E-state index contributed by atoms with van der Waals surface area (Å²) in [4.78, 5) is 0. The summed E-state index contributed by atoms with van der Waals surface area (Å²) in [5.41, 5.74) is 4.84. The van der Waals surface area contributed by atoms with Gasteiger partial charge in [0.2, 0.25) is 0 Å². The third kappa shape index (κ3) is 5.66. The van der Waals surface area contributed by atoms with Crippen LogP contribution in [0.1, 0.15) is 0 Å². The Kier molecular flexibility index (Phi) is 3.47.